The molecule has 17 heavy (non-hydrogen) atoms. The lowest BCUT2D eigenvalue weighted by Crippen LogP contribution is -2.37. The van der Waals surface area contributed by atoms with Crippen molar-refractivity contribution in [2.24, 2.45) is 0 Å². The average Bonchev–Trinajstić information content (AvgIpc) is 2.36. The van der Waals surface area contributed by atoms with Gasteiger partial charge in [-0.15, -0.1) is 0 Å². The molecular formula is C11H16N4O2. The van der Waals surface area contributed by atoms with Gasteiger partial charge in [0.1, 0.15) is 5.69 Å². The van der Waals surface area contributed by atoms with Crippen molar-refractivity contribution in [2.45, 2.75) is 6.92 Å². The van der Waals surface area contributed by atoms with Gasteiger partial charge in [-0.05, 0) is 19.1 Å². The lowest BCUT2D eigenvalue weighted by Gasteiger charge is -2.06. The zero-order chi connectivity index (χ0) is 12.7. The molecule has 0 radical (unpaired) electrons. The van der Waals surface area contributed by atoms with Gasteiger partial charge in [-0.1, -0.05) is 0 Å². The van der Waals surface area contributed by atoms with Gasteiger partial charge in [0.25, 0.3) is 5.91 Å². The first kappa shape index (κ1) is 13.0. The molecule has 1 heterocycles. The Balaban J connectivity index is 2.54. The van der Waals surface area contributed by atoms with Crippen LogP contribution in [0.1, 0.15) is 17.4 Å². The molecule has 0 saturated carbocycles. The van der Waals surface area contributed by atoms with Crippen LogP contribution in [0.4, 0.5) is 5.69 Å². The van der Waals surface area contributed by atoms with E-state index in [2.05, 4.69) is 20.9 Å². The summed E-state index contributed by atoms with van der Waals surface area (Å²) in [5, 5.41) is 7.99. The van der Waals surface area contributed by atoms with Crippen LogP contribution in [0.3, 0.4) is 0 Å². The molecule has 6 nitrogen and oxygen atoms in total. The highest BCUT2D eigenvalue weighted by atomic mass is 16.2. The van der Waals surface area contributed by atoms with Crippen LogP contribution >= 0.6 is 0 Å². The predicted molar refractivity (Wildman–Crippen MR) is 64.8 cm³/mol. The van der Waals surface area contributed by atoms with Crippen LogP contribution in [0.5, 0.6) is 0 Å². The summed E-state index contributed by atoms with van der Waals surface area (Å²) in [6, 6.07) is 3.37. The number of amides is 2. The average molecular weight is 236 g/mol. The van der Waals surface area contributed by atoms with Crippen LogP contribution in [-0.2, 0) is 4.79 Å². The summed E-state index contributed by atoms with van der Waals surface area (Å²) in [6.07, 6.45) is 1.53. The number of hydrogen-bond donors (Lipinski definition) is 3. The van der Waals surface area contributed by atoms with Crippen LogP contribution in [-0.4, -0.2) is 36.9 Å². The summed E-state index contributed by atoms with van der Waals surface area (Å²) < 4.78 is 0. The molecule has 92 valence electrons. The Hall–Kier alpha value is -2.11. The fourth-order valence-corrected chi connectivity index (χ4v) is 1.22. The maximum atomic E-state index is 11.6. The van der Waals surface area contributed by atoms with Crippen molar-refractivity contribution in [1.82, 2.24) is 15.6 Å². The fraction of sp³-hybridized carbons (Fsp3) is 0.364. The van der Waals surface area contributed by atoms with E-state index in [1.165, 1.54) is 6.20 Å². The Labute approximate surface area is 99.8 Å². The second-order valence-corrected chi connectivity index (χ2v) is 3.32. The Morgan fingerprint density at radius 1 is 1.35 bits per heavy atom. The minimum atomic E-state index is -0.367. The van der Waals surface area contributed by atoms with Gasteiger partial charge < -0.3 is 16.0 Å². The molecular weight excluding hydrogens is 220 g/mol. The maximum Gasteiger partial charge on any atom is 0.270 e. The summed E-state index contributed by atoms with van der Waals surface area (Å²) in [7, 11) is 1.76. The molecule has 0 fully saturated rings. The Morgan fingerprint density at radius 2 is 2.12 bits per heavy atom. The molecule has 0 unspecified atom stereocenters. The monoisotopic (exact) mass is 236 g/mol. The number of pyridine rings is 1. The first-order chi connectivity index (χ1) is 8.17. The van der Waals surface area contributed by atoms with Crippen LogP contribution < -0.4 is 16.0 Å². The third kappa shape index (κ3) is 4.10. The maximum absolute atomic E-state index is 11.6. The fourth-order valence-electron chi connectivity index (χ4n) is 1.22. The summed E-state index contributed by atoms with van der Waals surface area (Å²) in [6.45, 7) is 2.32. The van der Waals surface area contributed by atoms with E-state index < -0.39 is 0 Å². The molecule has 0 spiro atoms. The van der Waals surface area contributed by atoms with Crippen LogP contribution in [0.2, 0.25) is 0 Å². The zero-order valence-electron chi connectivity index (χ0n) is 9.91. The van der Waals surface area contributed by atoms with Crippen LogP contribution in [0.15, 0.2) is 18.3 Å². The van der Waals surface area contributed by atoms with E-state index >= 15 is 0 Å². The van der Waals surface area contributed by atoms with Gasteiger partial charge in [0.05, 0.1) is 6.54 Å². The quantitative estimate of drug-likeness (QED) is 0.671. The number of likely N-dealkylation sites (N-methyl/N-ethyl adjacent to an activating group) is 1. The van der Waals surface area contributed by atoms with E-state index in [9.17, 15) is 9.59 Å². The molecule has 0 saturated heterocycles. The molecule has 0 aliphatic carbocycles. The van der Waals surface area contributed by atoms with E-state index in [0.29, 0.717) is 6.54 Å². The van der Waals surface area contributed by atoms with Gasteiger partial charge in [0, 0.05) is 25.5 Å². The highest BCUT2D eigenvalue weighted by molar-refractivity contribution is 5.95. The minimum absolute atomic E-state index is 0.0435. The molecule has 0 atom stereocenters. The van der Waals surface area contributed by atoms with Crippen molar-refractivity contribution in [3.05, 3.63) is 24.0 Å². The number of hydrogen-bond acceptors (Lipinski definition) is 4. The van der Waals surface area contributed by atoms with Gasteiger partial charge in [-0.25, -0.2) is 0 Å². The van der Waals surface area contributed by atoms with Crippen molar-refractivity contribution in [3.8, 4) is 0 Å². The molecule has 0 bridgehead atoms. The van der Waals surface area contributed by atoms with Gasteiger partial charge in [-0.3, -0.25) is 14.6 Å². The van der Waals surface area contributed by atoms with E-state index in [-0.39, 0.29) is 24.1 Å². The van der Waals surface area contributed by atoms with Gasteiger partial charge in [0.2, 0.25) is 5.91 Å². The van der Waals surface area contributed by atoms with Crippen LogP contribution in [0, 0.1) is 0 Å². The van der Waals surface area contributed by atoms with E-state index in [0.717, 1.165) is 5.69 Å². The van der Waals surface area contributed by atoms with Gasteiger partial charge in [-0.2, -0.15) is 0 Å². The second kappa shape index (κ2) is 6.47. The molecule has 6 heteroatoms. The van der Waals surface area contributed by atoms with Gasteiger partial charge in [0.15, 0.2) is 0 Å². The molecule has 1 aromatic heterocycles. The summed E-state index contributed by atoms with van der Waals surface area (Å²) in [5.41, 5.74) is 1.07. The lowest BCUT2D eigenvalue weighted by molar-refractivity contribution is -0.120. The van der Waals surface area contributed by atoms with Gasteiger partial charge >= 0.3 is 0 Å². The van der Waals surface area contributed by atoms with E-state index in [1.807, 2.05) is 6.92 Å². The highest BCUT2D eigenvalue weighted by Crippen LogP contribution is 2.06. The molecule has 1 aromatic rings. The van der Waals surface area contributed by atoms with Crippen molar-refractivity contribution >= 4 is 17.5 Å². The smallest absolute Gasteiger partial charge is 0.270 e. The molecule has 0 aliphatic heterocycles. The summed E-state index contributed by atoms with van der Waals surface area (Å²) >= 11 is 0. The van der Waals surface area contributed by atoms with Crippen molar-refractivity contribution in [1.29, 1.82) is 0 Å². The normalized spacial score (nSPS) is 9.53. The second-order valence-electron chi connectivity index (χ2n) is 3.32. The molecule has 1 rings (SSSR count). The first-order valence-corrected chi connectivity index (χ1v) is 5.36. The predicted octanol–water partition coefficient (Wildman–Crippen LogP) is -0.0108. The van der Waals surface area contributed by atoms with Crippen molar-refractivity contribution < 1.29 is 9.59 Å². The van der Waals surface area contributed by atoms with Crippen molar-refractivity contribution in [2.75, 3.05) is 25.5 Å². The molecule has 3 N–H and O–H groups in total. The Kier molecular flexibility index (Phi) is 4.93. The molecule has 0 aromatic carbocycles. The standard InChI is InChI=1S/C11H16N4O2/c1-3-13-10(16)7-15-11(17)9-6-8(12-2)4-5-14-9/h4-6H,3,7H2,1-2H3,(H,12,14)(H,13,16)(H,15,17). The Bertz CT molecular complexity index is 406. The number of rotatable bonds is 5. The lowest BCUT2D eigenvalue weighted by atomic mass is 10.3. The Morgan fingerprint density at radius 3 is 2.76 bits per heavy atom. The number of anilines is 1. The van der Waals surface area contributed by atoms with Crippen LogP contribution in [0.25, 0.3) is 0 Å². The van der Waals surface area contributed by atoms with E-state index in [1.54, 1.807) is 19.2 Å². The minimum Gasteiger partial charge on any atom is -0.388 e. The number of carbonyl (C=O) groups is 2. The highest BCUT2D eigenvalue weighted by Gasteiger charge is 2.08. The molecule has 0 aliphatic rings. The first-order valence-electron chi connectivity index (χ1n) is 5.36. The summed E-state index contributed by atoms with van der Waals surface area (Å²) in [5.74, 6) is -0.584. The third-order valence-corrected chi connectivity index (χ3v) is 2.06. The number of aromatic nitrogens is 1. The number of nitrogens with zero attached hydrogens (tertiary/aromatic N) is 1. The molecule has 2 amide bonds. The van der Waals surface area contributed by atoms with Crippen molar-refractivity contribution in [3.63, 3.8) is 0 Å². The topological polar surface area (TPSA) is 83.1 Å². The number of carbonyl (C=O) groups excluding carboxylic acids is 2. The zero-order valence-corrected chi connectivity index (χ0v) is 9.91. The SMILES string of the molecule is CCNC(=O)CNC(=O)c1cc(NC)ccn1. The van der Waals surface area contributed by atoms with E-state index in [4.69, 9.17) is 0 Å². The third-order valence-electron chi connectivity index (χ3n) is 2.06. The largest absolute Gasteiger partial charge is 0.388 e. The number of nitrogens with one attached hydrogen (secondary N) is 3. The summed E-state index contributed by atoms with van der Waals surface area (Å²) in [4.78, 5) is 26.7.